The van der Waals surface area contributed by atoms with E-state index in [1.807, 2.05) is 30.9 Å². The van der Waals surface area contributed by atoms with Crippen LogP contribution in [0.1, 0.15) is 37.1 Å². The molecule has 1 atom stereocenters. The average molecular weight is 316 g/mol. The lowest BCUT2D eigenvalue weighted by Crippen LogP contribution is -2.37. The summed E-state index contributed by atoms with van der Waals surface area (Å²) in [6, 6.07) is 3.89. The number of carbonyl (C=O) groups is 1. The zero-order valence-corrected chi connectivity index (χ0v) is 14.3. The molecule has 2 amide bonds. The van der Waals surface area contributed by atoms with Crippen molar-refractivity contribution in [2.75, 3.05) is 38.0 Å². The Kier molecular flexibility index (Phi) is 5.16. The predicted molar refractivity (Wildman–Crippen MR) is 92.7 cm³/mol. The van der Waals surface area contributed by atoms with E-state index in [4.69, 9.17) is 0 Å². The van der Waals surface area contributed by atoms with Crippen LogP contribution in [0.3, 0.4) is 0 Å². The number of nitrogens with zero attached hydrogens (tertiary/aromatic N) is 3. The zero-order valence-electron chi connectivity index (χ0n) is 14.3. The van der Waals surface area contributed by atoms with Gasteiger partial charge < -0.3 is 15.1 Å². The van der Waals surface area contributed by atoms with E-state index in [-0.39, 0.29) is 6.03 Å². The van der Waals surface area contributed by atoms with Crippen LogP contribution in [0.4, 0.5) is 10.5 Å². The summed E-state index contributed by atoms with van der Waals surface area (Å²) < 4.78 is 0. The molecule has 2 aliphatic rings. The summed E-state index contributed by atoms with van der Waals surface area (Å²) in [5.41, 5.74) is 2.67. The molecule has 0 spiro atoms. The third-order valence-electron chi connectivity index (χ3n) is 5.00. The largest absolute Gasteiger partial charge is 0.324 e. The van der Waals surface area contributed by atoms with Crippen LogP contribution in [0.25, 0.3) is 0 Å². The maximum absolute atomic E-state index is 12.5. The molecule has 5 nitrogen and oxygen atoms in total. The first kappa shape index (κ1) is 16.2. The second kappa shape index (κ2) is 7.30. The first-order valence-electron chi connectivity index (χ1n) is 8.84. The van der Waals surface area contributed by atoms with Gasteiger partial charge in [0.15, 0.2) is 0 Å². The van der Waals surface area contributed by atoms with E-state index in [2.05, 4.69) is 15.2 Å². The van der Waals surface area contributed by atoms with E-state index < -0.39 is 0 Å². The molecular weight excluding hydrogens is 288 g/mol. The highest BCUT2D eigenvalue weighted by Crippen LogP contribution is 2.21. The van der Waals surface area contributed by atoms with Gasteiger partial charge in [-0.1, -0.05) is 6.42 Å². The second-order valence-electron chi connectivity index (χ2n) is 6.98. The Bertz CT molecular complexity index is 554. The van der Waals surface area contributed by atoms with Crippen molar-refractivity contribution in [2.24, 2.45) is 5.92 Å². The number of urea groups is 1. The summed E-state index contributed by atoms with van der Waals surface area (Å²) in [5, 5.41) is 3.01. The van der Waals surface area contributed by atoms with Gasteiger partial charge in [0.2, 0.25) is 0 Å². The van der Waals surface area contributed by atoms with Crippen molar-refractivity contribution in [3.63, 3.8) is 0 Å². The summed E-state index contributed by atoms with van der Waals surface area (Å²) >= 11 is 0. The van der Waals surface area contributed by atoms with Crippen molar-refractivity contribution in [3.05, 3.63) is 23.5 Å². The van der Waals surface area contributed by atoms with E-state index in [9.17, 15) is 4.79 Å². The molecule has 2 fully saturated rings. The fraction of sp³-hybridized carbons (Fsp3) is 0.667. The molecule has 0 saturated carbocycles. The highest BCUT2D eigenvalue weighted by molar-refractivity contribution is 5.90. The lowest BCUT2D eigenvalue weighted by Gasteiger charge is -2.29. The molecule has 2 saturated heterocycles. The zero-order chi connectivity index (χ0) is 16.2. The number of aryl methyl sites for hydroxylation is 2. The van der Waals surface area contributed by atoms with Gasteiger partial charge in [0.25, 0.3) is 0 Å². The van der Waals surface area contributed by atoms with Gasteiger partial charge in [0, 0.05) is 25.3 Å². The van der Waals surface area contributed by atoms with E-state index >= 15 is 0 Å². The molecule has 1 aromatic rings. The summed E-state index contributed by atoms with van der Waals surface area (Å²) in [6.07, 6.45) is 5.15. The van der Waals surface area contributed by atoms with Crippen molar-refractivity contribution in [2.45, 2.75) is 39.5 Å². The van der Waals surface area contributed by atoms with Crippen LogP contribution in [-0.2, 0) is 0 Å². The van der Waals surface area contributed by atoms with Gasteiger partial charge in [-0.05, 0) is 64.3 Å². The lowest BCUT2D eigenvalue weighted by molar-refractivity contribution is 0.192. The van der Waals surface area contributed by atoms with Crippen molar-refractivity contribution in [3.8, 4) is 0 Å². The van der Waals surface area contributed by atoms with Gasteiger partial charge in [0.05, 0.1) is 11.4 Å². The Hall–Kier alpha value is -1.62. The molecule has 0 unspecified atom stereocenters. The third-order valence-corrected chi connectivity index (χ3v) is 5.00. The molecule has 1 aromatic heterocycles. The summed E-state index contributed by atoms with van der Waals surface area (Å²) in [7, 11) is 0. The number of rotatable bonds is 3. The van der Waals surface area contributed by atoms with Gasteiger partial charge in [-0.2, -0.15) is 0 Å². The molecule has 2 aliphatic heterocycles. The van der Waals surface area contributed by atoms with E-state index in [0.717, 1.165) is 43.1 Å². The third kappa shape index (κ3) is 4.22. The number of nitrogens with one attached hydrogen (secondary N) is 1. The normalized spacial score (nSPS) is 22.3. The first-order chi connectivity index (χ1) is 11.1. The average Bonchev–Trinajstić information content (AvgIpc) is 3.00. The Morgan fingerprint density at radius 2 is 2.00 bits per heavy atom. The molecule has 23 heavy (non-hydrogen) atoms. The number of likely N-dealkylation sites (tertiary alicyclic amines) is 2. The number of carbonyl (C=O) groups excluding carboxylic acids is 1. The molecule has 0 aromatic carbocycles. The lowest BCUT2D eigenvalue weighted by atomic mass is 10.1. The molecule has 5 heteroatoms. The summed E-state index contributed by atoms with van der Waals surface area (Å²) in [6.45, 7) is 9.25. The van der Waals surface area contributed by atoms with Gasteiger partial charge in [-0.25, -0.2) is 4.79 Å². The highest BCUT2D eigenvalue weighted by Gasteiger charge is 2.28. The van der Waals surface area contributed by atoms with Crippen LogP contribution >= 0.6 is 0 Å². The fourth-order valence-corrected chi connectivity index (χ4v) is 3.69. The van der Waals surface area contributed by atoms with Crippen LogP contribution in [0, 0.1) is 19.8 Å². The number of anilines is 1. The van der Waals surface area contributed by atoms with Crippen molar-refractivity contribution < 1.29 is 4.79 Å². The van der Waals surface area contributed by atoms with E-state index in [1.54, 1.807) is 0 Å². The van der Waals surface area contributed by atoms with Gasteiger partial charge >= 0.3 is 6.03 Å². The Morgan fingerprint density at radius 1 is 1.22 bits per heavy atom. The molecule has 0 radical (unpaired) electrons. The number of piperidine rings is 1. The predicted octanol–water partition coefficient (Wildman–Crippen LogP) is 3.04. The van der Waals surface area contributed by atoms with Crippen molar-refractivity contribution in [1.29, 1.82) is 0 Å². The highest BCUT2D eigenvalue weighted by atomic mass is 16.2. The summed E-state index contributed by atoms with van der Waals surface area (Å²) in [5.74, 6) is 0.621. The molecule has 126 valence electrons. The van der Waals surface area contributed by atoms with Crippen LogP contribution < -0.4 is 5.32 Å². The Morgan fingerprint density at radius 3 is 2.74 bits per heavy atom. The number of amides is 2. The number of aromatic nitrogens is 1. The Labute approximate surface area is 139 Å². The number of hydrogen-bond donors (Lipinski definition) is 1. The molecule has 0 aliphatic carbocycles. The van der Waals surface area contributed by atoms with Crippen LogP contribution in [-0.4, -0.2) is 53.5 Å². The van der Waals surface area contributed by atoms with Crippen LogP contribution in [0.2, 0.25) is 0 Å². The summed E-state index contributed by atoms with van der Waals surface area (Å²) in [4.78, 5) is 21.4. The molecule has 0 bridgehead atoms. The van der Waals surface area contributed by atoms with Crippen LogP contribution in [0.15, 0.2) is 12.1 Å². The van der Waals surface area contributed by atoms with E-state index in [1.165, 1.54) is 32.4 Å². The van der Waals surface area contributed by atoms with Crippen LogP contribution in [0.5, 0.6) is 0 Å². The minimum Gasteiger partial charge on any atom is -0.324 e. The molecule has 3 rings (SSSR count). The first-order valence-corrected chi connectivity index (χ1v) is 8.84. The quantitative estimate of drug-likeness (QED) is 0.932. The Balaban J connectivity index is 1.50. The molecular formula is C18H28N4O. The molecule has 1 N–H and O–H groups in total. The van der Waals surface area contributed by atoms with E-state index in [0.29, 0.717) is 5.92 Å². The fourth-order valence-electron chi connectivity index (χ4n) is 3.69. The minimum absolute atomic E-state index is 0.0138. The number of hydrogen-bond acceptors (Lipinski definition) is 3. The number of pyridine rings is 1. The minimum atomic E-state index is 0.0138. The topological polar surface area (TPSA) is 48.5 Å². The smallest absolute Gasteiger partial charge is 0.321 e. The van der Waals surface area contributed by atoms with Crippen molar-refractivity contribution >= 4 is 11.7 Å². The van der Waals surface area contributed by atoms with Gasteiger partial charge in [-0.3, -0.25) is 4.98 Å². The molecule has 3 heterocycles. The maximum atomic E-state index is 12.5. The second-order valence-corrected chi connectivity index (χ2v) is 6.98. The SMILES string of the molecule is Cc1ccc(NC(=O)N2CC[C@@H](CN3CCCCC3)C2)c(C)n1. The van der Waals surface area contributed by atoms with Crippen molar-refractivity contribution in [1.82, 2.24) is 14.8 Å². The maximum Gasteiger partial charge on any atom is 0.321 e. The standard InChI is InChI=1S/C18H28N4O/c1-14-6-7-17(15(2)19-14)20-18(23)22-11-8-16(13-22)12-21-9-4-3-5-10-21/h6-7,16H,3-5,8-13H2,1-2H3,(H,20,23)/t16-/m0/s1. The monoisotopic (exact) mass is 316 g/mol. The van der Waals surface area contributed by atoms with Gasteiger partial charge in [-0.15, -0.1) is 0 Å². The van der Waals surface area contributed by atoms with Gasteiger partial charge in [0.1, 0.15) is 0 Å².